The highest BCUT2D eigenvalue weighted by molar-refractivity contribution is 7.92. The molecule has 11 heteroatoms. The zero-order valence-corrected chi connectivity index (χ0v) is 24.1. The molecule has 0 saturated heterocycles. The number of carboxylic acids is 1. The topological polar surface area (TPSA) is 106 Å². The highest BCUT2D eigenvalue weighted by Gasteiger charge is 2.32. The van der Waals surface area contributed by atoms with Gasteiger partial charge in [-0.05, 0) is 67.1 Å². The van der Waals surface area contributed by atoms with E-state index >= 15 is 4.39 Å². The molecule has 0 amide bonds. The van der Waals surface area contributed by atoms with Crippen molar-refractivity contribution in [2.75, 3.05) is 11.8 Å². The molecule has 0 unspecified atom stereocenters. The van der Waals surface area contributed by atoms with E-state index in [1.54, 1.807) is 19.1 Å². The highest BCUT2D eigenvalue weighted by atomic mass is 32.2. The summed E-state index contributed by atoms with van der Waals surface area (Å²) in [6.45, 7) is 8.42. The Hall–Kier alpha value is -3.05. The number of aromatic carboxylic acids is 1. The lowest BCUT2D eigenvalue weighted by molar-refractivity contribution is 0.0691. The van der Waals surface area contributed by atoms with E-state index in [0.29, 0.717) is 27.6 Å². The number of halogens is 2. The van der Waals surface area contributed by atoms with Crippen LogP contribution in [0.4, 0.5) is 14.5 Å². The van der Waals surface area contributed by atoms with Gasteiger partial charge in [-0.25, -0.2) is 18.6 Å². The first-order chi connectivity index (χ1) is 18.2. The van der Waals surface area contributed by atoms with Gasteiger partial charge in [-0.15, -0.1) is 11.3 Å². The Morgan fingerprint density at radius 2 is 1.82 bits per heavy atom. The Bertz CT molecular complexity index is 1500. The number of methoxy groups -OCH3 is 1. The van der Waals surface area contributed by atoms with Crippen LogP contribution >= 0.6 is 11.3 Å². The lowest BCUT2D eigenvalue weighted by Gasteiger charge is -2.37. The second kappa shape index (κ2) is 10.8. The molecule has 1 saturated carbocycles. The van der Waals surface area contributed by atoms with Crippen LogP contribution in [0.2, 0.25) is 0 Å². The van der Waals surface area contributed by atoms with Crippen molar-refractivity contribution in [3.63, 3.8) is 0 Å². The molecule has 2 N–H and O–H groups in total. The normalized spacial score (nSPS) is 18.1. The summed E-state index contributed by atoms with van der Waals surface area (Å²) in [6, 6.07) is 5.20. The Kier molecular flexibility index (Phi) is 8.05. The molecule has 0 atom stereocenters. The van der Waals surface area contributed by atoms with Gasteiger partial charge in [0.2, 0.25) is 0 Å². The molecule has 39 heavy (non-hydrogen) atoms. The van der Waals surface area contributed by atoms with Crippen LogP contribution < -0.4 is 9.46 Å². The van der Waals surface area contributed by atoms with Gasteiger partial charge in [-0.1, -0.05) is 32.9 Å². The van der Waals surface area contributed by atoms with Crippen molar-refractivity contribution in [3.8, 4) is 16.3 Å². The van der Waals surface area contributed by atoms with E-state index < -0.39 is 27.4 Å². The molecule has 3 aromatic rings. The lowest BCUT2D eigenvalue weighted by atomic mass is 9.68. The van der Waals surface area contributed by atoms with Crippen LogP contribution in [-0.4, -0.2) is 31.6 Å². The van der Waals surface area contributed by atoms with Crippen LogP contribution in [-0.2, 0) is 10.0 Å². The molecule has 0 aliphatic heterocycles. The predicted molar refractivity (Wildman–Crippen MR) is 147 cm³/mol. The molecular weight excluding hydrogens is 546 g/mol. The van der Waals surface area contributed by atoms with E-state index in [1.165, 1.54) is 12.5 Å². The Labute approximate surface area is 231 Å². The number of anilines is 1. The summed E-state index contributed by atoms with van der Waals surface area (Å²) in [6.07, 6.45) is 3.98. The number of carbonyl (C=O) groups is 1. The molecule has 4 rings (SSSR count). The molecule has 0 spiro atoms. The number of hydrogen-bond acceptors (Lipinski definition) is 6. The van der Waals surface area contributed by atoms with E-state index in [2.05, 4.69) is 30.5 Å². The molecule has 1 fully saturated rings. The minimum absolute atomic E-state index is 0.149. The molecule has 7 nitrogen and oxygen atoms in total. The second-order valence-corrected chi connectivity index (χ2v) is 13.5. The summed E-state index contributed by atoms with van der Waals surface area (Å²) in [4.78, 5) is 15.4. The average molecular weight is 579 g/mol. The first-order valence-corrected chi connectivity index (χ1v) is 15.0. The van der Waals surface area contributed by atoms with Gasteiger partial charge in [0, 0.05) is 17.0 Å². The molecule has 0 bridgehead atoms. The van der Waals surface area contributed by atoms with Crippen LogP contribution in [0.3, 0.4) is 0 Å². The van der Waals surface area contributed by atoms with Crippen LogP contribution in [0.1, 0.15) is 73.9 Å². The summed E-state index contributed by atoms with van der Waals surface area (Å²) in [5, 5.41) is 10.4. The van der Waals surface area contributed by atoms with Gasteiger partial charge in [0.15, 0.2) is 5.03 Å². The molecular formula is C28H32F2N2O5S2. The van der Waals surface area contributed by atoms with Gasteiger partial charge >= 0.3 is 5.97 Å². The maximum absolute atomic E-state index is 15.6. The average Bonchev–Trinajstić information content (AvgIpc) is 3.36. The minimum atomic E-state index is -4.29. The Morgan fingerprint density at radius 1 is 1.15 bits per heavy atom. The first kappa shape index (κ1) is 28.9. The standard InChI is InChI=1S/C28H32F2N2O5S2/c1-15-18(10-11-19(25(15)30)16-6-8-17(9-7-16)28(2,3)4)26-31-24(14-38-26)39(35,36)32-22-13-21(29)20(27(33)34)12-23(22)37-5/h10-14,16-17,32H,6-9H2,1-5H3,(H,33,34)/t16-,17+. The summed E-state index contributed by atoms with van der Waals surface area (Å²) in [5.41, 5.74) is 0.900. The SMILES string of the molecule is COc1cc(C(=O)O)c(F)cc1NS(=O)(=O)c1csc(-c2ccc([C@H]3CC[C@@H](C(C)(C)C)CC3)c(F)c2C)n1. The smallest absolute Gasteiger partial charge is 0.338 e. The summed E-state index contributed by atoms with van der Waals surface area (Å²) >= 11 is 1.05. The lowest BCUT2D eigenvalue weighted by Crippen LogP contribution is -2.25. The van der Waals surface area contributed by atoms with E-state index in [4.69, 9.17) is 9.84 Å². The van der Waals surface area contributed by atoms with Crippen molar-refractivity contribution in [2.45, 2.75) is 64.3 Å². The number of hydrogen-bond donors (Lipinski definition) is 2. The van der Waals surface area contributed by atoms with Gasteiger partial charge in [-0.2, -0.15) is 8.42 Å². The largest absolute Gasteiger partial charge is 0.495 e. The van der Waals surface area contributed by atoms with Crippen molar-refractivity contribution in [3.05, 3.63) is 58.0 Å². The highest BCUT2D eigenvalue weighted by Crippen LogP contribution is 2.44. The number of nitrogens with zero attached hydrogens (tertiary/aromatic N) is 1. The fourth-order valence-electron chi connectivity index (χ4n) is 5.19. The maximum atomic E-state index is 15.6. The van der Waals surface area contributed by atoms with Crippen LogP contribution in [0, 0.1) is 29.9 Å². The first-order valence-electron chi connectivity index (χ1n) is 12.6. The van der Waals surface area contributed by atoms with E-state index in [1.807, 2.05) is 0 Å². The van der Waals surface area contributed by atoms with E-state index in [0.717, 1.165) is 49.2 Å². The summed E-state index contributed by atoms with van der Waals surface area (Å²) in [7, 11) is -3.08. The van der Waals surface area contributed by atoms with Crippen LogP contribution in [0.15, 0.2) is 34.7 Å². The fourth-order valence-corrected chi connectivity index (χ4v) is 7.43. The second-order valence-electron chi connectivity index (χ2n) is 11.0. The molecule has 1 heterocycles. The Morgan fingerprint density at radius 3 is 2.41 bits per heavy atom. The zero-order chi connectivity index (χ0) is 28.7. The molecule has 210 valence electrons. The van der Waals surface area contributed by atoms with E-state index in [-0.39, 0.29) is 33.6 Å². The van der Waals surface area contributed by atoms with Gasteiger partial charge in [-0.3, -0.25) is 4.72 Å². The molecule has 0 radical (unpaired) electrons. The van der Waals surface area contributed by atoms with Gasteiger partial charge in [0.05, 0.1) is 18.4 Å². The number of aromatic nitrogens is 1. The quantitative estimate of drug-likeness (QED) is 0.307. The summed E-state index contributed by atoms with van der Waals surface area (Å²) in [5.74, 6) is -2.33. The molecule has 1 aliphatic carbocycles. The predicted octanol–water partition coefficient (Wildman–Crippen LogP) is 7.22. The third-order valence-corrected chi connectivity index (χ3v) is 9.83. The molecule has 1 aliphatic rings. The van der Waals surface area contributed by atoms with Crippen molar-refractivity contribution >= 4 is 33.0 Å². The van der Waals surface area contributed by atoms with Gasteiger partial charge in [0.25, 0.3) is 10.0 Å². The third-order valence-electron chi connectivity index (χ3n) is 7.56. The molecule has 2 aromatic carbocycles. The van der Waals surface area contributed by atoms with Crippen LogP contribution in [0.25, 0.3) is 10.6 Å². The van der Waals surface area contributed by atoms with Crippen molar-refractivity contribution in [1.82, 2.24) is 4.98 Å². The Balaban J connectivity index is 1.57. The van der Waals surface area contributed by atoms with Crippen molar-refractivity contribution in [2.24, 2.45) is 11.3 Å². The molecule has 1 aromatic heterocycles. The number of ether oxygens (including phenoxy) is 1. The number of carboxylic acid groups (broad SMARTS) is 1. The van der Waals surface area contributed by atoms with Gasteiger partial charge in [0.1, 0.15) is 22.4 Å². The number of benzene rings is 2. The monoisotopic (exact) mass is 578 g/mol. The number of rotatable bonds is 7. The van der Waals surface area contributed by atoms with Gasteiger partial charge < -0.3 is 9.84 Å². The minimum Gasteiger partial charge on any atom is -0.495 e. The van der Waals surface area contributed by atoms with Crippen molar-refractivity contribution in [1.29, 1.82) is 0 Å². The zero-order valence-electron chi connectivity index (χ0n) is 22.5. The number of thiazole rings is 1. The van der Waals surface area contributed by atoms with Crippen molar-refractivity contribution < 1.29 is 31.8 Å². The van der Waals surface area contributed by atoms with E-state index in [9.17, 15) is 17.6 Å². The maximum Gasteiger partial charge on any atom is 0.338 e. The summed E-state index contributed by atoms with van der Waals surface area (Å²) < 4.78 is 63.1. The fraction of sp³-hybridized carbons (Fsp3) is 0.429. The number of sulfonamides is 1. The van der Waals surface area contributed by atoms with Crippen LogP contribution in [0.5, 0.6) is 5.75 Å². The third kappa shape index (κ3) is 5.94. The number of nitrogens with one attached hydrogen (secondary N) is 1.